The van der Waals surface area contributed by atoms with Crippen molar-refractivity contribution in [3.05, 3.63) is 0 Å². The first-order valence-electron chi connectivity index (χ1n) is 7.28. The Morgan fingerprint density at radius 2 is 1.25 bits per heavy atom. The first kappa shape index (κ1) is 15.3. The summed E-state index contributed by atoms with van der Waals surface area (Å²) in [5.74, 6) is -0.211. The number of rotatable bonds is 9. The highest BCUT2D eigenvalue weighted by Gasteiger charge is 2.23. The Hall–Kier alpha value is -1.14. The zero-order valence-corrected chi connectivity index (χ0v) is 11.7. The van der Waals surface area contributed by atoms with E-state index in [1.807, 2.05) is 0 Å². The molecule has 114 valence electrons. The van der Waals surface area contributed by atoms with Crippen LogP contribution in [0.1, 0.15) is 38.5 Å². The molecule has 2 unspecified atom stereocenters. The van der Waals surface area contributed by atoms with Crippen LogP contribution >= 0.6 is 0 Å². The van der Waals surface area contributed by atoms with Gasteiger partial charge in [-0.15, -0.1) is 0 Å². The average molecular weight is 286 g/mol. The quantitative estimate of drug-likeness (QED) is 0.469. The van der Waals surface area contributed by atoms with Crippen molar-refractivity contribution in [2.75, 3.05) is 26.4 Å². The highest BCUT2D eigenvalue weighted by atomic mass is 16.6. The van der Waals surface area contributed by atoms with Crippen LogP contribution in [0.2, 0.25) is 0 Å². The second-order valence-corrected chi connectivity index (χ2v) is 5.10. The third-order valence-corrected chi connectivity index (χ3v) is 3.48. The molecule has 2 aliphatic heterocycles. The van der Waals surface area contributed by atoms with Crippen LogP contribution in [0, 0.1) is 0 Å². The van der Waals surface area contributed by atoms with Gasteiger partial charge in [0, 0.05) is 25.7 Å². The lowest BCUT2D eigenvalue weighted by Crippen LogP contribution is -2.14. The molecule has 2 saturated heterocycles. The normalized spacial score (nSPS) is 25.8. The zero-order chi connectivity index (χ0) is 14.2. The summed E-state index contributed by atoms with van der Waals surface area (Å²) < 4.78 is 21.0. The van der Waals surface area contributed by atoms with E-state index >= 15 is 0 Å². The Labute approximate surface area is 118 Å². The lowest BCUT2D eigenvalue weighted by atomic mass is 10.2. The molecule has 2 aliphatic rings. The Morgan fingerprint density at radius 3 is 1.60 bits per heavy atom. The highest BCUT2D eigenvalue weighted by molar-refractivity contribution is 5.71. The van der Waals surface area contributed by atoms with E-state index in [0.29, 0.717) is 39.3 Å². The number of carbonyl (C=O) groups is 2. The predicted octanol–water partition coefficient (Wildman–Crippen LogP) is 1.21. The van der Waals surface area contributed by atoms with Crippen LogP contribution in [0.4, 0.5) is 0 Å². The van der Waals surface area contributed by atoms with Crippen molar-refractivity contribution in [3.8, 4) is 0 Å². The van der Waals surface area contributed by atoms with Gasteiger partial charge < -0.3 is 18.9 Å². The van der Waals surface area contributed by atoms with E-state index in [1.54, 1.807) is 0 Å². The number of cyclic esters (lactones) is 2. The van der Waals surface area contributed by atoms with Crippen LogP contribution in [0.3, 0.4) is 0 Å². The van der Waals surface area contributed by atoms with Gasteiger partial charge in [-0.3, -0.25) is 9.59 Å². The van der Waals surface area contributed by atoms with Crippen molar-refractivity contribution in [1.82, 2.24) is 0 Å². The molecule has 6 nitrogen and oxygen atoms in total. The molecule has 0 saturated carbocycles. The van der Waals surface area contributed by atoms with Crippen molar-refractivity contribution in [1.29, 1.82) is 0 Å². The van der Waals surface area contributed by atoms with Gasteiger partial charge in [-0.25, -0.2) is 0 Å². The minimum absolute atomic E-state index is 0.0282. The monoisotopic (exact) mass is 286 g/mol. The van der Waals surface area contributed by atoms with E-state index in [4.69, 9.17) is 18.9 Å². The number of esters is 2. The van der Waals surface area contributed by atoms with Gasteiger partial charge in [-0.2, -0.15) is 0 Å². The minimum atomic E-state index is -0.106. The molecule has 0 aliphatic carbocycles. The fraction of sp³-hybridized carbons (Fsp3) is 0.857. The summed E-state index contributed by atoms with van der Waals surface area (Å²) in [4.78, 5) is 21.8. The Balaban J connectivity index is 1.35. The Morgan fingerprint density at radius 1 is 0.800 bits per heavy atom. The lowest BCUT2D eigenvalue weighted by molar-refractivity contribution is -0.143. The number of hydrogen-bond acceptors (Lipinski definition) is 6. The van der Waals surface area contributed by atoms with Gasteiger partial charge in [0.05, 0.1) is 26.4 Å². The molecule has 2 fully saturated rings. The summed E-state index contributed by atoms with van der Waals surface area (Å²) in [5, 5.41) is 0. The van der Waals surface area contributed by atoms with Crippen molar-refractivity contribution < 1.29 is 28.5 Å². The molecule has 0 spiro atoms. The van der Waals surface area contributed by atoms with E-state index in [-0.39, 0.29) is 24.1 Å². The van der Waals surface area contributed by atoms with Gasteiger partial charge in [-0.05, 0) is 12.8 Å². The smallest absolute Gasteiger partial charge is 0.306 e. The highest BCUT2D eigenvalue weighted by Crippen LogP contribution is 2.17. The van der Waals surface area contributed by atoms with Crippen LogP contribution in [-0.2, 0) is 28.5 Å². The maximum absolute atomic E-state index is 10.9. The molecular weight excluding hydrogens is 264 g/mol. The minimum Gasteiger partial charge on any atom is -0.462 e. The van der Waals surface area contributed by atoms with E-state index < -0.39 is 0 Å². The SMILES string of the molecule is O=C1CCC(CCOCCOCCC2CCC(=O)O2)O1. The summed E-state index contributed by atoms with van der Waals surface area (Å²) >= 11 is 0. The topological polar surface area (TPSA) is 71.1 Å². The molecular formula is C14H22O6. The maximum Gasteiger partial charge on any atom is 0.306 e. The fourth-order valence-corrected chi connectivity index (χ4v) is 2.32. The number of carbonyl (C=O) groups excluding carboxylic acids is 2. The molecule has 0 aromatic carbocycles. The second-order valence-electron chi connectivity index (χ2n) is 5.10. The van der Waals surface area contributed by atoms with Gasteiger partial charge in [0.1, 0.15) is 12.2 Å². The summed E-state index contributed by atoms with van der Waals surface area (Å²) in [6, 6.07) is 0. The van der Waals surface area contributed by atoms with E-state index in [2.05, 4.69) is 0 Å². The molecule has 6 heteroatoms. The van der Waals surface area contributed by atoms with Crippen molar-refractivity contribution >= 4 is 11.9 Å². The summed E-state index contributed by atoms with van der Waals surface area (Å²) in [7, 11) is 0. The maximum atomic E-state index is 10.9. The van der Waals surface area contributed by atoms with Crippen molar-refractivity contribution in [2.24, 2.45) is 0 Å². The molecule has 0 radical (unpaired) electrons. The summed E-state index contributed by atoms with van der Waals surface area (Å²) in [6.45, 7) is 2.24. The van der Waals surface area contributed by atoms with E-state index in [0.717, 1.165) is 25.7 Å². The van der Waals surface area contributed by atoms with Crippen LogP contribution in [0.25, 0.3) is 0 Å². The number of ether oxygens (including phenoxy) is 4. The molecule has 2 atom stereocenters. The third-order valence-electron chi connectivity index (χ3n) is 3.48. The average Bonchev–Trinajstić information content (AvgIpc) is 3.02. The lowest BCUT2D eigenvalue weighted by Gasteiger charge is -2.11. The third kappa shape index (κ3) is 5.46. The molecule has 0 amide bonds. The standard InChI is InChI=1S/C14H22O6/c15-13-3-1-11(19-13)5-7-17-9-10-18-8-6-12-2-4-14(16)20-12/h11-12H,1-10H2. The van der Waals surface area contributed by atoms with Gasteiger partial charge in [0.25, 0.3) is 0 Å². The summed E-state index contributed by atoms with van der Waals surface area (Å²) in [5.41, 5.74) is 0. The molecule has 2 rings (SSSR count). The van der Waals surface area contributed by atoms with E-state index in [1.165, 1.54) is 0 Å². The van der Waals surface area contributed by atoms with Gasteiger partial charge in [-0.1, -0.05) is 0 Å². The molecule has 0 aromatic rings. The molecule has 20 heavy (non-hydrogen) atoms. The molecule has 0 bridgehead atoms. The fourth-order valence-electron chi connectivity index (χ4n) is 2.32. The first-order chi connectivity index (χ1) is 9.74. The number of hydrogen-bond donors (Lipinski definition) is 0. The van der Waals surface area contributed by atoms with Crippen molar-refractivity contribution in [3.63, 3.8) is 0 Å². The van der Waals surface area contributed by atoms with E-state index in [9.17, 15) is 9.59 Å². The van der Waals surface area contributed by atoms with Gasteiger partial charge >= 0.3 is 11.9 Å². The summed E-state index contributed by atoms with van der Waals surface area (Å²) in [6.07, 6.45) is 4.23. The van der Waals surface area contributed by atoms with Gasteiger partial charge in [0.15, 0.2) is 0 Å². The zero-order valence-electron chi connectivity index (χ0n) is 11.7. The largest absolute Gasteiger partial charge is 0.462 e. The predicted molar refractivity (Wildman–Crippen MR) is 69.1 cm³/mol. The molecule has 0 N–H and O–H groups in total. The molecule has 0 aromatic heterocycles. The Kier molecular flexibility index (Phi) is 6.26. The van der Waals surface area contributed by atoms with Crippen LogP contribution in [0.5, 0.6) is 0 Å². The van der Waals surface area contributed by atoms with Gasteiger partial charge in [0.2, 0.25) is 0 Å². The van der Waals surface area contributed by atoms with Crippen molar-refractivity contribution in [2.45, 2.75) is 50.7 Å². The molecule has 2 heterocycles. The van der Waals surface area contributed by atoms with Crippen LogP contribution in [-0.4, -0.2) is 50.6 Å². The second kappa shape index (κ2) is 8.21. The first-order valence-corrected chi connectivity index (χ1v) is 7.28. The Bertz CT molecular complexity index is 298. The van der Waals surface area contributed by atoms with Crippen LogP contribution < -0.4 is 0 Å². The van der Waals surface area contributed by atoms with Crippen LogP contribution in [0.15, 0.2) is 0 Å².